The zero-order chi connectivity index (χ0) is 17.4. The third kappa shape index (κ3) is 6.03. The first-order valence-electron chi connectivity index (χ1n) is 7.12. The highest BCUT2D eigenvalue weighted by Gasteiger charge is 2.18. The second-order valence-corrected chi connectivity index (χ2v) is 5.05. The third-order valence-electron chi connectivity index (χ3n) is 2.87. The third-order valence-corrected chi connectivity index (χ3v) is 2.87. The van der Waals surface area contributed by atoms with Crippen LogP contribution in [0.1, 0.15) is 41.0 Å². The number of rotatable bonds is 8. The molecule has 8 heteroatoms. The number of hydrogen-bond acceptors (Lipinski definition) is 6. The molecule has 0 aliphatic heterocycles. The van der Waals surface area contributed by atoms with Gasteiger partial charge in [-0.15, -0.1) is 0 Å². The Kier molecular flexibility index (Phi) is 7.14. The number of carbonyl (C=O) groups excluding carboxylic acids is 2. The van der Waals surface area contributed by atoms with Crippen LogP contribution >= 0.6 is 0 Å². The summed E-state index contributed by atoms with van der Waals surface area (Å²) < 4.78 is 9.87. The number of nitrogens with zero attached hydrogens (tertiary/aromatic N) is 1. The minimum Gasteiger partial charge on any atom is -0.465 e. The number of nitro benzene ring substituents is 1. The topological polar surface area (TPSA) is 108 Å². The molecule has 0 aromatic heterocycles. The lowest BCUT2D eigenvalue weighted by atomic mass is 10.1. The predicted octanol–water partition coefficient (Wildman–Crippen LogP) is 1.93. The van der Waals surface area contributed by atoms with Gasteiger partial charge >= 0.3 is 5.97 Å². The van der Waals surface area contributed by atoms with E-state index in [0.717, 1.165) is 19.2 Å². The Bertz CT molecular complexity index is 585. The van der Waals surface area contributed by atoms with Crippen LogP contribution in [0.25, 0.3) is 0 Å². The second-order valence-electron chi connectivity index (χ2n) is 5.05. The fourth-order valence-corrected chi connectivity index (χ4v) is 1.78. The van der Waals surface area contributed by atoms with Gasteiger partial charge < -0.3 is 14.8 Å². The molecule has 23 heavy (non-hydrogen) atoms. The van der Waals surface area contributed by atoms with Crippen LogP contribution in [0, 0.1) is 10.1 Å². The molecule has 1 N–H and O–H groups in total. The van der Waals surface area contributed by atoms with Gasteiger partial charge in [-0.25, -0.2) is 4.79 Å². The molecule has 0 atom stereocenters. The van der Waals surface area contributed by atoms with Gasteiger partial charge in [-0.05, 0) is 26.3 Å². The van der Waals surface area contributed by atoms with Crippen LogP contribution in [0.5, 0.6) is 0 Å². The fourth-order valence-electron chi connectivity index (χ4n) is 1.78. The van der Waals surface area contributed by atoms with Crippen molar-refractivity contribution in [3.63, 3.8) is 0 Å². The normalized spacial score (nSPS) is 10.4. The molecule has 0 aliphatic rings. The van der Waals surface area contributed by atoms with Gasteiger partial charge in [-0.3, -0.25) is 14.9 Å². The molecule has 0 spiro atoms. The Morgan fingerprint density at radius 1 is 1.26 bits per heavy atom. The van der Waals surface area contributed by atoms with Crippen molar-refractivity contribution in [1.29, 1.82) is 0 Å². The molecule has 0 aliphatic carbocycles. The van der Waals surface area contributed by atoms with E-state index in [1.807, 2.05) is 13.8 Å². The number of carbonyl (C=O) groups is 2. The molecule has 0 fully saturated rings. The Balaban J connectivity index is 2.77. The van der Waals surface area contributed by atoms with Crippen molar-refractivity contribution in [1.82, 2.24) is 5.32 Å². The van der Waals surface area contributed by atoms with Gasteiger partial charge in [-0.1, -0.05) is 0 Å². The molecule has 1 aromatic carbocycles. The highest BCUT2D eigenvalue weighted by molar-refractivity contribution is 5.98. The van der Waals surface area contributed by atoms with Crippen LogP contribution < -0.4 is 5.32 Å². The van der Waals surface area contributed by atoms with E-state index in [4.69, 9.17) is 4.74 Å². The molecule has 0 saturated carbocycles. The zero-order valence-corrected chi connectivity index (χ0v) is 13.3. The number of hydrogen-bond donors (Lipinski definition) is 1. The number of nitro groups is 1. The number of ether oxygens (including phenoxy) is 2. The van der Waals surface area contributed by atoms with Crippen LogP contribution in [0.2, 0.25) is 0 Å². The van der Waals surface area contributed by atoms with E-state index in [1.54, 1.807) is 0 Å². The van der Waals surface area contributed by atoms with E-state index in [2.05, 4.69) is 10.1 Å². The molecule has 126 valence electrons. The Labute approximate surface area is 133 Å². The standard InChI is InChI=1S/C15H20N2O6/c1-10(2)23-6-4-5-16-14(18)11-7-12(15(19)22-3)9-13(8-11)17(20)21/h7-10H,4-6H2,1-3H3,(H,16,18). The largest absolute Gasteiger partial charge is 0.465 e. The van der Waals surface area contributed by atoms with Crippen LogP contribution in [-0.2, 0) is 9.47 Å². The van der Waals surface area contributed by atoms with Gasteiger partial charge in [-0.2, -0.15) is 0 Å². The first-order valence-corrected chi connectivity index (χ1v) is 7.12. The van der Waals surface area contributed by atoms with Crippen molar-refractivity contribution in [3.05, 3.63) is 39.4 Å². The lowest BCUT2D eigenvalue weighted by Gasteiger charge is -2.09. The molecule has 0 unspecified atom stereocenters. The molecule has 1 rings (SSSR count). The summed E-state index contributed by atoms with van der Waals surface area (Å²) >= 11 is 0. The quantitative estimate of drug-likeness (QED) is 0.339. The highest BCUT2D eigenvalue weighted by atomic mass is 16.6. The van der Waals surface area contributed by atoms with Gasteiger partial charge in [0.2, 0.25) is 0 Å². The summed E-state index contributed by atoms with van der Waals surface area (Å²) in [5.74, 6) is -1.24. The van der Waals surface area contributed by atoms with E-state index in [-0.39, 0.29) is 22.9 Å². The zero-order valence-electron chi connectivity index (χ0n) is 13.3. The van der Waals surface area contributed by atoms with Gasteiger partial charge in [0.15, 0.2) is 0 Å². The van der Waals surface area contributed by atoms with Crippen LogP contribution in [0.15, 0.2) is 18.2 Å². The summed E-state index contributed by atoms with van der Waals surface area (Å²) in [5, 5.41) is 13.5. The maximum Gasteiger partial charge on any atom is 0.338 e. The van der Waals surface area contributed by atoms with E-state index < -0.39 is 16.8 Å². The van der Waals surface area contributed by atoms with Crippen LogP contribution in [-0.4, -0.2) is 43.2 Å². The van der Waals surface area contributed by atoms with Crippen molar-refractivity contribution in [2.75, 3.05) is 20.3 Å². The maximum absolute atomic E-state index is 12.1. The fraction of sp³-hybridized carbons (Fsp3) is 0.467. The minimum absolute atomic E-state index is 0.0318. The summed E-state index contributed by atoms with van der Waals surface area (Å²) in [6.45, 7) is 4.69. The van der Waals surface area contributed by atoms with E-state index in [9.17, 15) is 19.7 Å². The minimum atomic E-state index is -0.743. The molecular formula is C15H20N2O6. The van der Waals surface area contributed by atoms with E-state index in [0.29, 0.717) is 19.6 Å². The van der Waals surface area contributed by atoms with Gasteiger partial charge in [0.25, 0.3) is 11.6 Å². The molecule has 0 heterocycles. The molecule has 1 aromatic rings. The number of esters is 1. The van der Waals surface area contributed by atoms with Crippen molar-refractivity contribution in [2.24, 2.45) is 0 Å². The van der Waals surface area contributed by atoms with Gasteiger partial charge in [0, 0.05) is 30.8 Å². The lowest BCUT2D eigenvalue weighted by molar-refractivity contribution is -0.384. The highest BCUT2D eigenvalue weighted by Crippen LogP contribution is 2.18. The first kappa shape index (κ1) is 18.6. The molecule has 0 saturated heterocycles. The molecule has 8 nitrogen and oxygen atoms in total. The number of methoxy groups -OCH3 is 1. The monoisotopic (exact) mass is 324 g/mol. The van der Waals surface area contributed by atoms with E-state index >= 15 is 0 Å². The second kappa shape index (κ2) is 8.84. The van der Waals surface area contributed by atoms with Crippen molar-refractivity contribution in [3.8, 4) is 0 Å². The maximum atomic E-state index is 12.1. The Hall–Kier alpha value is -2.48. The summed E-state index contributed by atoms with van der Waals surface area (Å²) in [6.07, 6.45) is 0.730. The van der Waals surface area contributed by atoms with Crippen LogP contribution in [0.4, 0.5) is 5.69 Å². The number of amides is 1. The predicted molar refractivity (Wildman–Crippen MR) is 82.5 cm³/mol. The molecule has 0 bridgehead atoms. The summed E-state index contributed by atoms with van der Waals surface area (Å²) in [4.78, 5) is 33.8. The number of non-ortho nitro benzene ring substituents is 1. The van der Waals surface area contributed by atoms with Gasteiger partial charge in [0.1, 0.15) is 0 Å². The smallest absolute Gasteiger partial charge is 0.338 e. The summed E-state index contributed by atoms with van der Waals surface area (Å²) in [5.41, 5.74) is -0.361. The van der Waals surface area contributed by atoms with E-state index in [1.165, 1.54) is 6.07 Å². The summed E-state index contributed by atoms with van der Waals surface area (Å²) in [7, 11) is 1.16. The van der Waals surface area contributed by atoms with Crippen molar-refractivity contribution >= 4 is 17.6 Å². The Morgan fingerprint density at radius 2 is 1.91 bits per heavy atom. The Morgan fingerprint density at radius 3 is 2.48 bits per heavy atom. The molecular weight excluding hydrogens is 304 g/mol. The van der Waals surface area contributed by atoms with Crippen molar-refractivity contribution in [2.45, 2.75) is 26.4 Å². The number of benzene rings is 1. The first-order chi connectivity index (χ1) is 10.8. The van der Waals surface area contributed by atoms with Crippen molar-refractivity contribution < 1.29 is 24.0 Å². The van der Waals surface area contributed by atoms with Crippen LogP contribution in [0.3, 0.4) is 0 Å². The SMILES string of the molecule is COC(=O)c1cc(C(=O)NCCCOC(C)C)cc([N+](=O)[O-])c1. The lowest BCUT2D eigenvalue weighted by Crippen LogP contribution is -2.26. The average Bonchev–Trinajstić information content (AvgIpc) is 2.52. The number of nitrogens with one attached hydrogen (secondary N) is 1. The molecule has 0 radical (unpaired) electrons. The molecule has 1 amide bonds. The average molecular weight is 324 g/mol. The van der Waals surface area contributed by atoms with Gasteiger partial charge in [0.05, 0.1) is 23.7 Å². The summed E-state index contributed by atoms with van der Waals surface area (Å²) in [6, 6.07) is 3.45.